The molecule has 11 heteroatoms. The first kappa shape index (κ1) is 22.4. The van der Waals surface area contributed by atoms with E-state index in [4.69, 9.17) is 11.6 Å². The molecule has 3 fully saturated rings. The Labute approximate surface area is 209 Å². The highest BCUT2D eigenvalue weighted by Gasteiger charge is 2.47. The van der Waals surface area contributed by atoms with E-state index in [0.29, 0.717) is 25.9 Å². The smallest absolute Gasteiger partial charge is 0.308 e. The minimum atomic E-state index is -0.848. The summed E-state index contributed by atoms with van der Waals surface area (Å²) in [6.45, 7) is 1.85. The van der Waals surface area contributed by atoms with Gasteiger partial charge in [0.2, 0.25) is 0 Å². The molecule has 35 heavy (non-hydrogen) atoms. The Bertz CT molecular complexity index is 1450. The van der Waals surface area contributed by atoms with Crippen LogP contribution in [0.25, 0.3) is 33.1 Å². The lowest BCUT2D eigenvalue weighted by atomic mass is 9.61. The number of carboxylic acids is 1. The van der Waals surface area contributed by atoms with Crippen LogP contribution >= 0.6 is 22.9 Å². The fourth-order valence-electron chi connectivity index (χ4n) is 5.59. The van der Waals surface area contributed by atoms with Gasteiger partial charge in [0.1, 0.15) is 11.2 Å². The van der Waals surface area contributed by atoms with Crippen molar-refractivity contribution in [1.29, 1.82) is 0 Å². The summed E-state index contributed by atoms with van der Waals surface area (Å²) in [6.07, 6.45) is 6.99. The van der Waals surface area contributed by atoms with Crippen molar-refractivity contribution in [2.24, 2.45) is 17.8 Å². The van der Waals surface area contributed by atoms with Gasteiger partial charge in [0.15, 0.2) is 23.1 Å². The summed E-state index contributed by atoms with van der Waals surface area (Å²) >= 11 is 7.35. The number of aryl methyl sites for hydroxylation is 1. The van der Waals surface area contributed by atoms with Crippen molar-refractivity contribution < 1.29 is 14.3 Å². The highest BCUT2D eigenvalue weighted by molar-refractivity contribution is 7.19. The Morgan fingerprint density at radius 2 is 1.97 bits per heavy atom. The van der Waals surface area contributed by atoms with Gasteiger partial charge in [-0.2, -0.15) is 0 Å². The van der Waals surface area contributed by atoms with Crippen molar-refractivity contribution in [3.63, 3.8) is 0 Å². The maximum atomic E-state index is 15.9. The molecule has 0 amide bonds. The third-order valence-corrected chi connectivity index (χ3v) is 8.45. The van der Waals surface area contributed by atoms with Gasteiger partial charge in [-0.3, -0.25) is 9.78 Å². The number of carbonyl (C=O) groups is 1. The molecule has 2 bridgehead atoms. The molecule has 0 radical (unpaired) electrons. The number of anilines is 1. The molecular formula is C24H22ClFN6O2S. The number of aromatic nitrogens is 5. The second kappa shape index (κ2) is 8.53. The number of fused-ring (bicyclic) bond motifs is 4. The van der Waals surface area contributed by atoms with Gasteiger partial charge in [0.25, 0.3) is 0 Å². The second-order valence-electron chi connectivity index (χ2n) is 9.28. The monoisotopic (exact) mass is 512 g/mol. The number of nitrogens with zero attached hydrogens (tertiary/aromatic N) is 4. The summed E-state index contributed by atoms with van der Waals surface area (Å²) in [5, 5.41) is 13.2. The first-order valence-corrected chi connectivity index (χ1v) is 12.7. The maximum Gasteiger partial charge on any atom is 0.308 e. The number of H-pyrrole nitrogens is 1. The van der Waals surface area contributed by atoms with Gasteiger partial charge >= 0.3 is 5.97 Å². The number of thiophene rings is 1. The number of aromatic amines is 1. The molecule has 0 saturated heterocycles. The molecule has 180 valence electrons. The summed E-state index contributed by atoms with van der Waals surface area (Å²) < 4.78 is 16.4. The van der Waals surface area contributed by atoms with Gasteiger partial charge in [-0.15, -0.1) is 11.3 Å². The lowest BCUT2D eigenvalue weighted by Gasteiger charge is -2.47. The Kier molecular flexibility index (Phi) is 5.45. The fraction of sp³-hybridized carbons (Fsp3) is 0.375. The van der Waals surface area contributed by atoms with Crippen molar-refractivity contribution in [3.05, 3.63) is 40.4 Å². The Balaban J connectivity index is 1.49. The summed E-state index contributed by atoms with van der Waals surface area (Å²) in [5.74, 6) is -1.55. The van der Waals surface area contributed by atoms with Crippen molar-refractivity contribution in [2.75, 3.05) is 5.32 Å². The molecule has 0 aromatic carbocycles. The quantitative estimate of drug-likeness (QED) is 0.321. The van der Waals surface area contributed by atoms with Gasteiger partial charge in [0.05, 0.1) is 26.4 Å². The topological polar surface area (TPSA) is 117 Å². The number of hydrogen-bond acceptors (Lipinski definition) is 7. The van der Waals surface area contributed by atoms with Crippen LogP contribution in [0, 0.1) is 30.5 Å². The largest absolute Gasteiger partial charge is 0.481 e. The Morgan fingerprint density at radius 3 is 2.69 bits per heavy atom. The van der Waals surface area contributed by atoms with Crippen LogP contribution in [-0.4, -0.2) is 42.0 Å². The van der Waals surface area contributed by atoms with Crippen LogP contribution in [0.3, 0.4) is 0 Å². The van der Waals surface area contributed by atoms with Crippen molar-refractivity contribution >= 4 is 45.9 Å². The lowest BCUT2D eigenvalue weighted by molar-refractivity contribution is -0.148. The van der Waals surface area contributed by atoms with E-state index in [0.717, 1.165) is 31.4 Å². The SMILES string of the molecule is Cc1cnc2c(-c3nc(N[C@H]4C5CCC(CC5)[C@@H]4C(=O)O)c(F)c(-c4ccc(Cl)s4)n3)c[nH]c2n1. The predicted molar refractivity (Wildman–Crippen MR) is 132 cm³/mol. The van der Waals surface area contributed by atoms with Gasteiger partial charge < -0.3 is 15.4 Å². The number of hydrogen-bond donors (Lipinski definition) is 3. The number of halogens is 2. The number of carboxylic acid groups (broad SMARTS) is 1. The molecule has 4 aromatic rings. The van der Waals surface area contributed by atoms with Crippen LogP contribution in [0.15, 0.2) is 24.5 Å². The summed E-state index contributed by atoms with van der Waals surface area (Å²) in [7, 11) is 0. The molecule has 2 atom stereocenters. The highest BCUT2D eigenvalue weighted by Crippen LogP contribution is 2.47. The van der Waals surface area contributed by atoms with E-state index < -0.39 is 23.7 Å². The molecular weight excluding hydrogens is 491 g/mol. The second-order valence-corrected chi connectivity index (χ2v) is 11.0. The minimum absolute atomic E-state index is 0.00672. The zero-order valence-electron chi connectivity index (χ0n) is 18.8. The molecule has 7 rings (SSSR count). The Morgan fingerprint density at radius 1 is 1.20 bits per heavy atom. The van der Waals surface area contributed by atoms with E-state index in [9.17, 15) is 9.90 Å². The molecule has 0 aliphatic heterocycles. The molecule has 4 aromatic heterocycles. The zero-order valence-corrected chi connectivity index (χ0v) is 20.3. The zero-order chi connectivity index (χ0) is 24.3. The van der Waals surface area contributed by atoms with Crippen LogP contribution in [0.2, 0.25) is 4.34 Å². The maximum absolute atomic E-state index is 15.9. The van der Waals surface area contributed by atoms with E-state index in [1.54, 1.807) is 24.5 Å². The third-order valence-electron chi connectivity index (χ3n) is 7.21. The van der Waals surface area contributed by atoms with Gasteiger partial charge in [0, 0.05) is 18.4 Å². The van der Waals surface area contributed by atoms with E-state index in [1.165, 1.54) is 11.3 Å². The van der Waals surface area contributed by atoms with Gasteiger partial charge in [-0.05, 0) is 56.6 Å². The molecule has 4 heterocycles. The van der Waals surface area contributed by atoms with Crippen molar-refractivity contribution in [2.45, 2.75) is 38.6 Å². The molecule has 8 nitrogen and oxygen atoms in total. The molecule has 0 spiro atoms. The standard InChI is InChI=1S/C24H22ClFN6O2S/c1-10-8-27-19-13(9-28-23(19)29-10)21-31-20(14-6-7-15(25)35-14)17(26)22(32-21)30-18-12-4-2-11(3-5-12)16(18)24(33)34/h6-9,11-12,16,18H,2-5H2,1H3,(H,28,29)(H,33,34)(H,30,31,32)/t11?,12?,16-,18-/m0/s1. The fourth-order valence-corrected chi connectivity index (χ4v) is 6.62. The molecule has 0 unspecified atom stereocenters. The van der Waals surface area contributed by atoms with Crippen LogP contribution < -0.4 is 5.32 Å². The number of rotatable bonds is 5. The van der Waals surface area contributed by atoms with Crippen LogP contribution in [0.4, 0.5) is 10.2 Å². The number of aliphatic carboxylic acids is 1. The van der Waals surface area contributed by atoms with E-state index in [2.05, 4.69) is 30.2 Å². The minimum Gasteiger partial charge on any atom is -0.481 e. The molecule has 3 aliphatic carbocycles. The summed E-state index contributed by atoms with van der Waals surface area (Å²) in [4.78, 5) is 33.8. The van der Waals surface area contributed by atoms with Crippen molar-refractivity contribution in [3.8, 4) is 22.0 Å². The first-order valence-electron chi connectivity index (χ1n) is 11.5. The average molecular weight is 513 g/mol. The summed E-state index contributed by atoms with van der Waals surface area (Å²) in [5.41, 5.74) is 2.60. The van der Waals surface area contributed by atoms with Crippen LogP contribution in [-0.2, 0) is 4.79 Å². The lowest BCUT2D eigenvalue weighted by Crippen LogP contribution is -2.51. The molecule has 3 N–H and O–H groups in total. The van der Waals surface area contributed by atoms with E-state index in [-0.39, 0.29) is 29.2 Å². The van der Waals surface area contributed by atoms with Crippen LogP contribution in [0.5, 0.6) is 0 Å². The Hall–Kier alpha value is -3.11. The van der Waals surface area contributed by atoms with Gasteiger partial charge in [-0.25, -0.2) is 19.3 Å². The molecule has 3 aliphatic rings. The molecule has 3 saturated carbocycles. The average Bonchev–Trinajstić information content (AvgIpc) is 3.46. The normalized spacial score (nSPS) is 23.6. The van der Waals surface area contributed by atoms with Gasteiger partial charge in [-0.1, -0.05) is 11.6 Å². The number of nitrogens with one attached hydrogen (secondary N) is 2. The first-order chi connectivity index (χ1) is 16.9. The predicted octanol–water partition coefficient (Wildman–Crippen LogP) is 5.55. The van der Waals surface area contributed by atoms with E-state index >= 15 is 4.39 Å². The summed E-state index contributed by atoms with van der Waals surface area (Å²) in [6, 6.07) is 3.01. The van der Waals surface area contributed by atoms with Crippen LogP contribution in [0.1, 0.15) is 31.4 Å². The van der Waals surface area contributed by atoms with Crippen molar-refractivity contribution in [1.82, 2.24) is 24.9 Å². The van der Waals surface area contributed by atoms with E-state index in [1.807, 2.05) is 6.92 Å². The highest BCUT2D eigenvalue weighted by atomic mass is 35.5. The third kappa shape index (κ3) is 3.84.